The van der Waals surface area contributed by atoms with Gasteiger partial charge >= 0.3 is 0 Å². The molecule has 2 rings (SSSR count). The number of aliphatic hydroxyl groups excluding tert-OH is 1. The Balaban J connectivity index is 2.13. The van der Waals surface area contributed by atoms with Crippen molar-refractivity contribution in [1.29, 1.82) is 0 Å². The normalized spacial score (nSPS) is 13.2. The van der Waals surface area contributed by atoms with Crippen molar-refractivity contribution in [2.75, 3.05) is 0 Å². The number of nitrogens with zero attached hydrogens (tertiary/aromatic N) is 1. The average Bonchev–Trinajstić information content (AvgIpc) is 2.38. The lowest BCUT2D eigenvalue weighted by molar-refractivity contribution is 0.173. The molecule has 1 N–H and O–H groups in total. The van der Waals surface area contributed by atoms with Crippen molar-refractivity contribution in [2.45, 2.75) is 45.6 Å². The summed E-state index contributed by atoms with van der Waals surface area (Å²) in [5.74, 6) is 0. The van der Waals surface area contributed by atoms with E-state index in [1.54, 1.807) is 6.20 Å². The summed E-state index contributed by atoms with van der Waals surface area (Å²) < 4.78 is 0. The van der Waals surface area contributed by atoms with Crippen molar-refractivity contribution in [3.63, 3.8) is 0 Å². The van der Waals surface area contributed by atoms with Crippen molar-refractivity contribution in [2.24, 2.45) is 0 Å². The van der Waals surface area contributed by atoms with E-state index in [1.807, 2.05) is 19.1 Å². The molecule has 1 atom stereocenters. The number of hydrogen-bond donors (Lipinski definition) is 1. The maximum absolute atomic E-state index is 10.3. The van der Waals surface area contributed by atoms with Crippen LogP contribution in [-0.2, 0) is 11.8 Å². The maximum atomic E-state index is 10.3. The van der Waals surface area contributed by atoms with Crippen LogP contribution in [0.25, 0.3) is 0 Å². The maximum Gasteiger partial charge on any atom is 0.100 e. The number of hydrogen-bond acceptors (Lipinski definition) is 2. The molecule has 0 aliphatic rings. The predicted molar refractivity (Wildman–Crippen MR) is 82.8 cm³/mol. The molecule has 2 nitrogen and oxygen atoms in total. The van der Waals surface area contributed by atoms with Crippen LogP contribution >= 0.6 is 0 Å². The highest BCUT2D eigenvalue weighted by Gasteiger charge is 2.15. The fraction of sp³-hybridized carbons (Fsp3) is 0.389. The van der Waals surface area contributed by atoms with Crippen molar-refractivity contribution in [3.8, 4) is 0 Å². The molecule has 1 unspecified atom stereocenters. The topological polar surface area (TPSA) is 33.1 Å². The van der Waals surface area contributed by atoms with E-state index >= 15 is 0 Å². The highest BCUT2D eigenvalue weighted by molar-refractivity contribution is 5.29. The van der Waals surface area contributed by atoms with Crippen molar-refractivity contribution < 1.29 is 5.11 Å². The van der Waals surface area contributed by atoms with Gasteiger partial charge in [0.15, 0.2) is 0 Å². The van der Waals surface area contributed by atoms with Gasteiger partial charge in [-0.2, -0.15) is 0 Å². The third kappa shape index (κ3) is 3.45. The summed E-state index contributed by atoms with van der Waals surface area (Å²) in [4.78, 5) is 4.28. The molecule has 1 heterocycles. The van der Waals surface area contributed by atoms with Gasteiger partial charge in [-0.25, -0.2) is 0 Å². The van der Waals surface area contributed by atoms with Gasteiger partial charge in [-0.05, 0) is 35.1 Å². The van der Waals surface area contributed by atoms with Gasteiger partial charge in [0.1, 0.15) is 6.10 Å². The first-order valence-electron chi connectivity index (χ1n) is 7.07. The molecular formula is C18H23NO. The van der Waals surface area contributed by atoms with Crippen LogP contribution in [0.3, 0.4) is 0 Å². The summed E-state index contributed by atoms with van der Waals surface area (Å²) in [6, 6.07) is 12.4. The molecule has 0 saturated heterocycles. The van der Waals surface area contributed by atoms with Crippen LogP contribution in [0.5, 0.6) is 0 Å². The first kappa shape index (κ1) is 14.7. The standard InChI is InChI=1S/C18H23NO/c1-13-6-5-11-19-17(13)16(20)12-14-7-9-15(10-8-14)18(2,3)4/h5-11,16,20H,12H2,1-4H3. The van der Waals surface area contributed by atoms with E-state index in [1.165, 1.54) is 5.56 Å². The van der Waals surface area contributed by atoms with E-state index in [4.69, 9.17) is 0 Å². The first-order valence-corrected chi connectivity index (χ1v) is 7.07. The summed E-state index contributed by atoms with van der Waals surface area (Å²) in [5.41, 5.74) is 4.41. The number of pyridine rings is 1. The van der Waals surface area contributed by atoms with Crippen LogP contribution in [0.4, 0.5) is 0 Å². The number of aliphatic hydroxyl groups is 1. The fourth-order valence-electron chi connectivity index (χ4n) is 2.31. The first-order chi connectivity index (χ1) is 9.38. The second-order valence-corrected chi connectivity index (χ2v) is 6.37. The molecule has 20 heavy (non-hydrogen) atoms. The lowest BCUT2D eigenvalue weighted by atomic mass is 9.86. The van der Waals surface area contributed by atoms with Crippen molar-refractivity contribution >= 4 is 0 Å². The number of rotatable bonds is 3. The predicted octanol–water partition coefficient (Wildman–Crippen LogP) is 3.96. The fourth-order valence-corrected chi connectivity index (χ4v) is 2.31. The molecule has 1 aromatic heterocycles. The minimum atomic E-state index is -0.545. The quantitative estimate of drug-likeness (QED) is 0.914. The van der Waals surface area contributed by atoms with Crippen LogP contribution in [0.1, 0.15) is 49.3 Å². The molecule has 0 amide bonds. The Bertz CT molecular complexity index is 567. The number of benzene rings is 1. The number of aryl methyl sites for hydroxylation is 1. The van der Waals surface area contributed by atoms with Gasteiger partial charge in [0, 0.05) is 12.6 Å². The van der Waals surface area contributed by atoms with E-state index in [-0.39, 0.29) is 5.41 Å². The largest absolute Gasteiger partial charge is 0.386 e. The Kier molecular flexibility index (Phi) is 4.24. The van der Waals surface area contributed by atoms with E-state index in [9.17, 15) is 5.11 Å². The van der Waals surface area contributed by atoms with Crippen LogP contribution in [0.15, 0.2) is 42.6 Å². The summed E-state index contributed by atoms with van der Waals surface area (Å²) in [6.45, 7) is 8.59. The Morgan fingerprint density at radius 1 is 1.10 bits per heavy atom. The third-order valence-corrected chi connectivity index (χ3v) is 3.61. The van der Waals surface area contributed by atoms with Crippen molar-refractivity contribution in [3.05, 3.63) is 65.0 Å². The molecule has 2 aromatic rings. The molecule has 0 radical (unpaired) electrons. The zero-order valence-electron chi connectivity index (χ0n) is 12.7. The molecule has 0 spiro atoms. The Morgan fingerprint density at radius 2 is 1.75 bits per heavy atom. The highest BCUT2D eigenvalue weighted by atomic mass is 16.3. The van der Waals surface area contributed by atoms with Gasteiger partial charge in [-0.3, -0.25) is 4.98 Å². The van der Waals surface area contributed by atoms with Gasteiger partial charge in [0.25, 0.3) is 0 Å². The zero-order chi connectivity index (χ0) is 14.8. The summed E-state index contributed by atoms with van der Waals surface area (Å²) in [7, 11) is 0. The highest BCUT2D eigenvalue weighted by Crippen LogP contribution is 2.24. The van der Waals surface area contributed by atoms with Gasteiger partial charge in [0.05, 0.1) is 5.69 Å². The van der Waals surface area contributed by atoms with Gasteiger partial charge in [-0.1, -0.05) is 51.1 Å². The minimum Gasteiger partial charge on any atom is -0.386 e. The van der Waals surface area contributed by atoms with Crippen molar-refractivity contribution in [1.82, 2.24) is 4.98 Å². The summed E-state index contributed by atoms with van der Waals surface area (Å²) in [5, 5.41) is 10.3. The Morgan fingerprint density at radius 3 is 2.30 bits per heavy atom. The monoisotopic (exact) mass is 269 g/mol. The smallest absolute Gasteiger partial charge is 0.100 e. The van der Waals surface area contributed by atoms with Crippen LogP contribution < -0.4 is 0 Å². The van der Waals surface area contributed by atoms with E-state index < -0.39 is 6.10 Å². The summed E-state index contributed by atoms with van der Waals surface area (Å²) >= 11 is 0. The lowest BCUT2D eigenvalue weighted by Crippen LogP contribution is -2.11. The molecule has 106 valence electrons. The number of aromatic nitrogens is 1. The van der Waals surface area contributed by atoms with E-state index in [0.29, 0.717) is 6.42 Å². The summed E-state index contributed by atoms with van der Waals surface area (Å²) in [6.07, 6.45) is 1.79. The SMILES string of the molecule is Cc1cccnc1C(O)Cc1ccc(C(C)(C)C)cc1. The van der Waals surface area contributed by atoms with E-state index in [0.717, 1.165) is 16.8 Å². The Labute approximate surface area is 121 Å². The molecule has 2 heteroatoms. The third-order valence-electron chi connectivity index (χ3n) is 3.61. The molecule has 0 aliphatic heterocycles. The van der Waals surface area contributed by atoms with Gasteiger partial charge in [-0.15, -0.1) is 0 Å². The van der Waals surface area contributed by atoms with Gasteiger partial charge < -0.3 is 5.11 Å². The minimum absolute atomic E-state index is 0.161. The van der Waals surface area contributed by atoms with Crippen LogP contribution in [0, 0.1) is 6.92 Å². The molecule has 0 fully saturated rings. The molecule has 1 aromatic carbocycles. The molecule has 0 saturated carbocycles. The van der Waals surface area contributed by atoms with Crippen LogP contribution in [-0.4, -0.2) is 10.1 Å². The van der Waals surface area contributed by atoms with Gasteiger partial charge in [0.2, 0.25) is 0 Å². The zero-order valence-corrected chi connectivity index (χ0v) is 12.7. The second-order valence-electron chi connectivity index (χ2n) is 6.37. The second kappa shape index (κ2) is 5.76. The molecule has 0 aliphatic carbocycles. The van der Waals surface area contributed by atoms with Crippen LogP contribution in [0.2, 0.25) is 0 Å². The Hall–Kier alpha value is -1.67. The molecular weight excluding hydrogens is 246 g/mol. The lowest BCUT2D eigenvalue weighted by Gasteiger charge is -2.19. The average molecular weight is 269 g/mol. The van der Waals surface area contributed by atoms with E-state index in [2.05, 4.69) is 50.0 Å². The molecule has 0 bridgehead atoms.